The van der Waals surface area contributed by atoms with Crippen molar-refractivity contribution in [2.45, 2.75) is 6.04 Å². The van der Waals surface area contributed by atoms with Gasteiger partial charge in [-0.2, -0.15) is 0 Å². The largest absolute Gasteiger partial charge is 0.480 e. The number of halogens is 2. The number of piperazine rings is 1. The summed E-state index contributed by atoms with van der Waals surface area (Å²) in [5, 5.41) is 11.9. The van der Waals surface area contributed by atoms with Gasteiger partial charge in [0, 0.05) is 25.3 Å². The molecule has 1 aromatic carbocycles. The van der Waals surface area contributed by atoms with Crippen LogP contribution in [0.4, 0.5) is 10.1 Å². The van der Waals surface area contributed by atoms with Crippen LogP contribution in [-0.4, -0.2) is 36.8 Å². The van der Waals surface area contributed by atoms with Crippen molar-refractivity contribution in [3.63, 3.8) is 0 Å². The maximum atomic E-state index is 13.0. The first-order valence-electron chi connectivity index (χ1n) is 5.24. The van der Waals surface area contributed by atoms with Gasteiger partial charge in [-0.25, -0.2) is 4.39 Å². The highest BCUT2D eigenvalue weighted by atomic mass is 35.5. The molecule has 1 fully saturated rings. The number of hydrogen-bond donors (Lipinski definition) is 2. The van der Waals surface area contributed by atoms with Crippen LogP contribution in [0.25, 0.3) is 0 Å². The Bertz CT molecular complexity index is 441. The van der Waals surface area contributed by atoms with Gasteiger partial charge in [0.2, 0.25) is 0 Å². The Morgan fingerprint density at radius 3 is 3.00 bits per heavy atom. The Morgan fingerprint density at radius 2 is 2.35 bits per heavy atom. The van der Waals surface area contributed by atoms with Crippen LogP contribution in [-0.2, 0) is 4.79 Å². The second-order valence-electron chi connectivity index (χ2n) is 3.89. The number of rotatable bonds is 2. The van der Waals surface area contributed by atoms with Gasteiger partial charge in [-0.05, 0) is 18.2 Å². The molecule has 2 N–H and O–H groups in total. The third kappa shape index (κ3) is 2.68. The van der Waals surface area contributed by atoms with E-state index in [9.17, 15) is 9.18 Å². The predicted molar refractivity (Wildman–Crippen MR) is 63.0 cm³/mol. The third-order valence-electron chi connectivity index (χ3n) is 2.74. The summed E-state index contributed by atoms with van der Waals surface area (Å²) in [4.78, 5) is 12.8. The zero-order valence-electron chi connectivity index (χ0n) is 8.99. The van der Waals surface area contributed by atoms with Crippen LogP contribution in [0.15, 0.2) is 18.2 Å². The molecule has 0 saturated carbocycles. The minimum absolute atomic E-state index is 0.0490. The number of benzene rings is 1. The van der Waals surface area contributed by atoms with Crippen LogP contribution >= 0.6 is 11.6 Å². The summed E-state index contributed by atoms with van der Waals surface area (Å²) in [6.07, 6.45) is 0. The molecule has 0 aliphatic carbocycles. The summed E-state index contributed by atoms with van der Waals surface area (Å²) in [7, 11) is 0. The lowest BCUT2D eigenvalue weighted by atomic mass is 10.2. The molecule has 4 nitrogen and oxygen atoms in total. The monoisotopic (exact) mass is 258 g/mol. The molecule has 1 heterocycles. The molecule has 6 heteroatoms. The highest BCUT2D eigenvalue weighted by Crippen LogP contribution is 2.23. The molecule has 2 rings (SSSR count). The summed E-state index contributed by atoms with van der Waals surface area (Å²) in [5.41, 5.74) is 0.740. The Hall–Kier alpha value is -1.33. The highest BCUT2D eigenvalue weighted by Gasteiger charge is 2.25. The lowest BCUT2D eigenvalue weighted by molar-refractivity contribution is -0.139. The second kappa shape index (κ2) is 4.89. The van der Waals surface area contributed by atoms with E-state index in [1.54, 1.807) is 6.07 Å². The molecular weight excluding hydrogens is 247 g/mol. The average Bonchev–Trinajstić information content (AvgIpc) is 2.33. The van der Waals surface area contributed by atoms with E-state index in [1.807, 2.05) is 4.90 Å². The van der Waals surface area contributed by atoms with Gasteiger partial charge in [0.05, 0.1) is 5.02 Å². The van der Waals surface area contributed by atoms with E-state index in [2.05, 4.69) is 5.32 Å². The van der Waals surface area contributed by atoms with Crippen LogP contribution in [0.2, 0.25) is 5.02 Å². The molecule has 92 valence electrons. The fraction of sp³-hybridized carbons (Fsp3) is 0.364. The lowest BCUT2D eigenvalue weighted by Crippen LogP contribution is -2.54. The molecule has 0 bridgehead atoms. The quantitative estimate of drug-likeness (QED) is 0.841. The molecule has 1 aromatic rings. The van der Waals surface area contributed by atoms with Crippen LogP contribution in [0, 0.1) is 5.82 Å². The standard InChI is InChI=1S/C11H12ClFN2O2/c12-8-5-7(1-2-9(8)13)15-4-3-14-10(6-15)11(16)17/h1-2,5,10,14H,3-4,6H2,(H,16,17). The topological polar surface area (TPSA) is 52.6 Å². The number of carboxylic acids is 1. The van der Waals surface area contributed by atoms with E-state index >= 15 is 0 Å². The summed E-state index contributed by atoms with van der Waals surface area (Å²) in [6.45, 7) is 1.59. The van der Waals surface area contributed by atoms with E-state index < -0.39 is 17.8 Å². The molecule has 1 unspecified atom stereocenters. The van der Waals surface area contributed by atoms with Crippen molar-refractivity contribution in [1.82, 2.24) is 5.32 Å². The minimum atomic E-state index is -0.886. The number of aliphatic carboxylic acids is 1. The fourth-order valence-corrected chi connectivity index (χ4v) is 2.01. The molecule has 0 amide bonds. The van der Waals surface area contributed by atoms with E-state index in [4.69, 9.17) is 16.7 Å². The second-order valence-corrected chi connectivity index (χ2v) is 4.30. The first-order chi connectivity index (χ1) is 8.08. The summed E-state index contributed by atoms with van der Waals surface area (Å²) in [5.74, 6) is -1.36. The van der Waals surface area contributed by atoms with E-state index in [0.717, 1.165) is 5.69 Å². The maximum absolute atomic E-state index is 13.0. The highest BCUT2D eigenvalue weighted by molar-refractivity contribution is 6.31. The third-order valence-corrected chi connectivity index (χ3v) is 3.03. The van der Waals surface area contributed by atoms with Gasteiger partial charge in [0.25, 0.3) is 0 Å². The predicted octanol–water partition coefficient (Wildman–Crippen LogP) is 1.34. The number of carboxylic acid groups (broad SMARTS) is 1. The van der Waals surface area contributed by atoms with Crippen molar-refractivity contribution in [3.05, 3.63) is 29.0 Å². The van der Waals surface area contributed by atoms with Gasteiger partial charge in [-0.1, -0.05) is 11.6 Å². The van der Waals surface area contributed by atoms with Gasteiger partial charge in [0.1, 0.15) is 11.9 Å². The zero-order valence-corrected chi connectivity index (χ0v) is 9.75. The number of anilines is 1. The van der Waals surface area contributed by atoms with E-state index in [1.165, 1.54) is 12.1 Å². The molecule has 0 radical (unpaired) electrons. The lowest BCUT2D eigenvalue weighted by Gasteiger charge is -2.33. The van der Waals surface area contributed by atoms with Crippen molar-refractivity contribution in [1.29, 1.82) is 0 Å². The van der Waals surface area contributed by atoms with Gasteiger partial charge in [0.15, 0.2) is 0 Å². The molecule has 17 heavy (non-hydrogen) atoms. The maximum Gasteiger partial charge on any atom is 0.322 e. The van der Waals surface area contributed by atoms with E-state index in [0.29, 0.717) is 19.6 Å². The van der Waals surface area contributed by atoms with Gasteiger partial charge in [-0.3, -0.25) is 4.79 Å². The molecule has 1 aliphatic rings. The molecule has 0 aromatic heterocycles. The number of carbonyl (C=O) groups is 1. The molecule has 0 spiro atoms. The van der Waals surface area contributed by atoms with Crippen molar-refractivity contribution in [3.8, 4) is 0 Å². The molecule has 1 atom stereocenters. The molecule has 1 aliphatic heterocycles. The smallest absolute Gasteiger partial charge is 0.322 e. The number of hydrogen-bond acceptors (Lipinski definition) is 3. The van der Waals surface area contributed by atoms with Gasteiger partial charge < -0.3 is 15.3 Å². The van der Waals surface area contributed by atoms with Crippen molar-refractivity contribution < 1.29 is 14.3 Å². The zero-order chi connectivity index (χ0) is 12.4. The molecule has 1 saturated heterocycles. The summed E-state index contributed by atoms with van der Waals surface area (Å²) < 4.78 is 13.0. The summed E-state index contributed by atoms with van der Waals surface area (Å²) >= 11 is 5.70. The van der Waals surface area contributed by atoms with Crippen LogP contribution in [0.5, 0.6) is 0 Å². The SMILES string of the molecule is O=C(O)C1CN(c2ccc(F)c(Cl)c2)CCN1. The van der Waals surface area contributed by atoms with Crippen molar-refractivity contribution >= 4 is 23.3 Å². The van der Waals surface area contributed by atoms with Crippen LogP contribution < -0.4 is 10.2 Å². The Labute approximate surface area is 103 Å². The van der Waals surface area contributed by atoms with Gasteiger partial charge in [-0.15, -0.1) is 0 Å². The normalized spacial score (nSPS) is 20.4. The number of nitrogens with one attached hydrogen (secondary N) is 1. The Morgan fingerprint density at radius 1 is 1.59 bits per heavy atom. The average molecular weight is 259 g/mol. The Kier molecular flexibility index (Phi) is 3.49. The van der Waals surface area contributed by atoms with Crippen LogP contribution in [0.3, 0.4) is 0 Å². The van der Waals surface area contributed by atoms with Gasteiger partial charge >= 0.3 is 5.97 Å². The van der Waals surface area contributed by atoms with Crippen LogP contribution in [0.1, 0.15) is 0 Å². The summed E-state index contributed by atoms with van der Waals surface area (Å²) in [6, 6.07) is 3.80. The Balaban J connectivity index is 2.16. The van der Waals surface area contributed by atoms with Crippen molar-refractivity contribution in [2.24, 2.45) is 0 Å². The first kappa shape index (κ1) is 12.1. The van der Waals surface area contributed by atoms with E-state index in [-0.39, 0.29) is 5.02 Å². The number of nitrogens with zero attached hydrogens (tertiary/aromatic N) is 1. The first-order valence-corrected chi connectivity index (χ1v) is 5.62. The fourth-order valence-electron chi connectivity index (χ4n) is 1.83. The van der Waals surface area contributed by atoms with Crippen molar-refractivity contribution in [2.75, 3.05) is 24.5 Å². The molecular formula is C11H12ClFN2O2. The minimum Gasteiger partial charge on any atom is -0.480 e.